The van der Waals surface area contributed by atoms with E-state index in [0.29, 0.717) is 12.1 Å². The molecule has 1 aliphatic heterocycles. The molecule has 3 unspecified atom stereocenters. The van der Waals surface area contributed by atoms with Crippen molar-refractivity contribution in [1.82, 2.24) is 19.6 Å². The number of hydrogen-bond acceptors (Lipinski definition) is 4. The van der Waals surface area contributed by atoms with Crippen molar-refractivity contribution in [3.63, 3.8) is 0 Å². The molecule has 1 fully saturated rings. The number of rotatable bonds is 2. The van der Waals surface area contributed by atoms with Gasteiger partial charge in [-0.05, 0) is 20.9 Å². The molecule has 0 bridgehead atoms. The topological polar surface area (TPSA) is 67.4 Å². The summed E-state index contributed by atoms with van der Waals surface area (Å²) in [7, 11) is 3.92. The van der Waals surface area contributed by atoms with Crippen molar-refractivity contribution in [2.75, 3.05) is 20.1 Å². The van der Waals surface area contributed by atoms with Crippen LogP contribution >= 0.6 is 0 Å². The highest BCUT2D eigenvalue weighted by Crippen LogP contribution is 2.18. The Bertz CT molecular complexity index is 446. The monoisotopic (exact) mass is 265 g/mol. The van der Waals surface area contributed by atoms with Gasteiger partial charge in [-0.3, -0.25) is 14.4 Å². The van der Waals surface area contributed by atoms with Gasteiger partial charge in [0.25, 0.3) is 0 Å². The van der Waals surface area contributed by atoms with E-state index < -0.39 is 6.04 Å². The number of amides is 1. The quantitative estimate of drug-likeness (QED) is 0.815. The fourth-order valence-corrected chi connectivity index (χ4v) is 2.52. The summed E-state index contributed by atoms with van der Waals surface area (Å²) in [5.41, 5.74) is 6.82. The van der Waals surface area contributed by atoms with Gasteiger partial charge >= 0.3 is 0 Å². The number of nitrogens with two attached hydrogens (primary N) is 1. The van der Waals surface area contributed by atoms with Crippen LogP contribution < -0.4 is 5.73 Å². The molecule has 6 heteroatoms. The summed E-state index contributed by atoms with van der Waals surface area (Å²) in [5, 5.41) is 4.06. The lowest BCUT2D eigenvalue weighted by molar-refractivity contribution is -0.136. The van der Waals surface area contributed by atoms with Crippen molar-refractivity contribution < 1.29 is 4.79 Å². The number of aryl methyl sites for hydroxylation is 1. The summed E-state index contributed by atoms with van der Waals surface area (Å²) in [6, 6.07) is 0.0964. The van der Waals surface area contributed by atoms with Crippen LogP contribution in [-0.2, 0) is 11.8 Å². The predicted octanol–water partition coefficient (Wildman–Crippen LogP) is -0.0291. The van der Waals surface area contributed by atoms with E-state index in [-0.39, 0.29) is 5.91 Å². The SMILES string of the molecule is CC1CN(C(=O)C(N)c2cnn(C)c2)CC(C)N1C. The Hall–Kier alpha value is -1.40. The standard InChI is InChI=1S/C13H23N5O/c1-9-6-18(7-10(2)17(9)4)13(19)12(14)11-5-15-16(3)8-11/h5,8-10,12H,6-7,14H2,1-4H3. The van der Waals surface area contributed by atoms with E-state index in [1.165, 1.54) is 0 Å². The van der Waals surface area contributed by atoms with Crippen molar-refractivity contribution in [2.45, 2.75) is 32.0 Å². The summed E-state index contributed by atoms with van der Waals surface area (Å²) in [6.45, 7) is 5.72. The molecule has 0 aliphatic carbocycles. The average Bonchev–Trinajstić information content (AvgIpc) is 2.80. The van der Waals surface area contributed by atoms with E-state index in [9.17, 15) is 4.79 Å². The molecule has 2 rings (SSSR count). The zero-order valence-electron chi connectivity index (χ0n) is 12.1. The van der Waals surface area contributed by atoms with Gasteiger partial charge in [0, 0.05) is 44.0 Å². The number of carbonyl (C=O) groups is 1. The second-order valence-corrected chi connectivity index (χ2v) is 5.53. The van der Waals surface area contributed by atoms with Crippen molar-refractivity contribution in [3.05, 3.63) is 18.0 Å². The van der Waals surface area contributed by atoms with Crippen LogP contribution in [0.5, 0.6) is 0 Å². The van der Waals surface area contributed by atoms with Crippen LogP contribution in [0.1, 0.15) is 25.5 Å². The largest absolute Gasteiger partial charge is 0.338 e. The van der Waals surface area contributed by atoms with Gasteiger partial charge in [0.2, 0.25) is 5.91 Å². The number of hydrogen-bond donors (Lipinski definition) is 1. The van der Waals surface area contributed by atoms with E-state index in [2.05, 4.69) is 30.9 Å². The fraction of sp³-hybridized carbons (Fsp3) is 0.692. The van der Waals surface area contributed by atoms with Crippen LogP contribution in [0, 0.1) is 0 Å². The number of aromatic nitrogens is 2. The molecule has 2 N–H and O–H groups in total. The molecule has 1 aromatic heterocycles. The molecule has 1 amide bonds. The maximum absolute atomic E-state index is 12.5. The van der Waals surface area contributed by atoms with Crippen LogP contribution in [0.25, 0.3) is 0 Å². The lowest BCUT2D eigenvalue weighted by Crippen LogP contribution is -2.57. The molecule has 6 nitrogen and oxygen atoms in total. The lowest BCUT2D eigenvalue weighted by atomic mass is 10.1. The molecule has 1 aromatic rings. The molecule has 106 valence electrons. The first-order valence-corrected chi connectivity index (χ1v) is 6.65. The number of piperazine rings is 1. The third-order valence-electron chi connectivity index (χ3n) is 4.02. The van der Waals surface area contributed by atoms with Gasteiger partial charge in [0.05, 0.1) is 6.20 Å². The van der Waals surface area contributed by atoms with Crippen molar-refractivity contribution >= 4 is 5.91 Å². The van der Waals surface area contributed by atoms with E-state index in [1.54, 1.807) is 17.1 Å². The molecule has 3 atom stereocenters. The maximum Gasteiger partial charge on any atom is 0.244 e. The normalized spacial score (nSPS) is 26.5. The Balaban J connectivity index is 2.07. The van der Waals surface area contributed by atoms with Crippen molar-refractivity contribution in [2.24, 2.45) is 12.8 Å². The second kappa shape index (κ2) is 5.30. The van der Waals surface area contributed by atoms with E-state index in [1.807, 2.05) is 11.9 Å². The Morgan fingerprint density at radius 1 is 1.37 bits per heavy atom. The van der Waals surface area contributed by atoms with Crippen LogP contribution in [0.3, 0.4) is 0 Å². The molecule has 0 spiro atoms. The Morgan fingerprint density at radius 2 is 1.95 bits per heavy atom. The Morgan fingerprint density at radius 3 is 2.42 bits per heavy atom. The van der Waals surface area contributed by atoms with E-state index in [4.69, 9.17) is 5.73 Å². The van der Waals surface area contributed by atoms with Crippen molar-refractivity contribution in [1.29, 1.82) is 0 Å². The summed E-state index contributed by atoms with van der Waals surface area (Å²) >= 11 is 0. The number of carbonyl (C=O) groups excluding carboxylic acids is 1. The zero-order chi connectivity index (χ0) is 14.2. The van der Waals surface area contributed by atoms with Crippen LogP contribution in [0.15, 0.2) is 12.4 Å². The summed E-state index contributed by atoms with van der Waals surface area (Å²) in [4.78, 5) is 16.6. The van der Waals surface area contributed by atoms with Gasteiger partial charge in [0.15, 0.2) is 0 Å². The molecule has 2 heterocycles. The highest BCUT2D eigenvalue weighted by Gasteiger charge is 2.32. The first-order chi connectivity index (χ1) is 8.90. The molecule has 19 heavy (non-hydrogen) atoms. The van der Waals surface area contributed by atoms with Crippen LogP contribution in [-0.4, -0.2) is 57.7 Å². The Labute approximate surface area is 114 Å². The van der Waals surface area contributed by atoms with Crippen LogP contribution in [0.2, 0.25) is 0 Å². The molecular formula is C13H23N5O. The number of nitrogens with zero attached hydrogens (tertiary/aromatic N) is 4. The summed E-state index contributed by atoms with van der Waals surface area (Å²) < 4.78 is 1.66. The van der Waals surface area contributed by atoms with Crippen molar-refractivity contribution in [3.8, 4) is 0 Å². The first-order valence-electron chi connectivity index (χ1n) is 6.65. The fourth-order valence-electron chi connectivity index (χ4n) is 2.52. The molecular weight excluding hydrogens is 242 g/mol. The minimum Gasteiger partial charge on any atom is -0.338 e. The highest BCUT2D eigenvalue weighted by molar-refractivity contribution is 5.83. The molecule has 1 saturated heterocycles. The Kier molecular flexibility index (Phi) is 3.91. The molecule has 0 aromatic carbocycles. The van der Waals surface area contributed by atoms with Gasteiger partial charge in [-0.1, -0.05) is 0 Å². The highest BCUT2D eigenvalue weighted by atomic mass is 16.2. The smallest absolute Gasteiger partial charge is 0.244 e. The second-order valence-electron chi connectivity index (χ2n) is 5.53. The molecule has 0 radical (unpaired) electrons. The summed E-state index contributed by atoms with van der Waals surface area (Å²) in [6.07, 6.45) is 3.46. The van der Waals surface area contributed by atoms with E-state index in [0.717, 1.165) is 18.7 Å². The number of likely N-dealkylation sites (N-methyl/N-ethyl adjacent to an activating group) is 1. The van der Waals surface area contributed by atoms with Gasteiger partial charge < -0.3 is 10.6 Å². The minimum atomic E-state index is -0.614. The van der Waals surface area contributed by atoms with Gasteiger partial charge in [0.1, 0.15) is 6.04 Å². The summed E-state index contributed by atoms with van der Waals surface area (Å²) in [5.74, 6) is -0.0141. The molecule has 1 aliphatic rings. The zero-order valence-corrected chi connectivity index (χ0v) is 12.1. The predicted molar refractivity (Wildman–Crippen MR) is 73.4 cm³/mol. The molecule has 0 saturated carbocycles. The minimum absolute atomic E-state index is 0.0141. The average molecular weight is 265 g/mol. The van der Waals surface area contributed by atoms with Gasteiger partial charge in [-0.25, -0.2) is 0 Å². The van der Waals surface area contributed by atoms with Gasteiger partial charge in [-0.2, -0.15) is 5.10 Å². The first kappa shape index (κ1) is 14.0. The third-order valence-corrected chi connectivity index (χ3v) is 4.02. The maximum atomic E-state index is 12.5. The third kappa shape index (κ3) is 2.79. The lowest BCUT2D eigenvalue weighted by Gasteiger charge is -2.43. The van der Waals surface area contributed by atoms with Crippen LogP contribution in [0.4, 0.5) is 0 Å². The van der Waals surface area contributed by atoms with E-state index >= 15 is 0 Å². The van der Waals surface area contributed by atoms with Gasteiger partial charge in [-0.15, -0.1) is 0 Å².